The molecule has 0 bridgehead atoms. The van der Waals surface area contributed by atoms with Crippen LogP contribution in [0.4, 0.5) is 4.39 Å². The molecule has 1 saturated heterocycles. The van der Waals surface area contributed by atoms with Crippen molar-refractivity contribution in [3.8, 4) is 0 Å². The van der Waals surface area contributed by atoms with E-state index in [9.17, 15) is 9.18 Å². The van der Waals surface area contributed by atoms with Crippen LogP contribution in [0.15, 0.2) is 24.3 Å². The second-order valence-electron chi connectivity index (χ2n) is 7.38. The Morgan fingerprint density at radius 1 is 1.27 bits per heavy atom. The van der Waals surface area contributed by atoms with Crippen LogP contribution >= 0.6 is 24.8 Å². The van der Waals surface area contributed by atoms with Crippen LogP contribution in [0.1, 0.15) is 44.1 Å². The molecule has 1 unspecified atom stereocenters. The van der Waals surface area contributed by atoms with Gasteiger partial charge in [0.25, 0.3) is 0 Å². The Kier molecular flexibility index (Phi) is 9.31. The third-order valence-corrected chi connectivity index (χ3v) is 5.51. The third kappa shape index (κ3) is 5.81. The second-order valence-corrected chi connectivity index (χ2v) is 7.38. The molecule has 1 saturated carbocycles. The lowest BCUT2D eigenvalue weighted by Crippen LogP contribution is -2.55. The topological polar surface area (TPSA) is 58.4 Å². The predicted molar refractivity (Wildman–Crippen MR) is 107 cm³/mol. The first-order valence-electron chi connectivity index (χ1n) is 9.09. The summed E-state index contributed by atoms with van der Waals surface area (Å²) in [5.74, 6) is -0.0486. The van der Waals surface area contributed by atoms with Crippen LogP contribution < -0.4 is 11.1 Å². The lowest BCUT2D eigenvalue weighted by molar-refractivity contribution is -0.128. The van der Waals surface area contributed by atoms with Gasteiger partial charge in [-0.2, -0.15) is 0 Å². The highest BCUT2D eigenvalue weighted by Gasteiger charge is 2.36. The number of hydrogen-bond acceptors (Lipinski definition) is 3. The molecule has 1 amide bonds. The van der Waals surface area contributed by atoms with Crippen LogP contribution in [0.25, 0.3) is 0 Å². The quantitative estimate of drug-likeness (QED) is 0.789. The fourth-order valence-electron chi connectivity index (χ4n) is 4.10. The van der Waals surface area contributed by atoms with Gasteiger partial charge in [0.05, 0.1) is 11.5 Å². The second kappa shape index (κ2) is 10.5. The fourth-order valence-corrected chi connectivity index (χ4v) is 4.10. The Morgan fingerprint density at radius 3 is 2.65 bits per heavy atom. The maximum atomic E-state index is 13.3. The monoisotopic (exact) mass is 405 g/mol. The van der Waals surface area contributed by atoms with Gasteiger partial charge in [0, 0.05) is 19.6 Å². The first kappa shape index (κ1) is 23.2. The van der Waals surface area contributed by atoms with Crippen molar-refractivity contribution >= 4 is 30.7 Å². The van der Waals surface area contributed by atoms with Crippen molar-refractivity contribution in [2.45, 2.75) is 50.6 Å². The van der Waals surface area contributed by atoms with Gasteiger partial charge in [-0.1, -0.05) is 25.0 Å². The third-order valence-electron chi connectivity index (χ3n) is 5.51. The summed E-state index contributed by atoms with van der Waals surface area (Å²) in [6, 6.07) is 6.72. The van der Waals surface area contributed by atoms with Crippen molar-refractivity contribution in [3.05, 3.63) is 35.6 Å². The van der Waals surface area contributed by atoms with Crippen LogP contribution in [0.2, 0.25) is 0 Å². The zero-order valence-corrected chi connectivity index (χ0v) is 16.7. The summed E-state index contributed by atoms with van der Waals surface area (Å²) < 4.78 is 13.3. The Morgan fingerprint density at radius 2 is 2.00 bits per heavy atom. The summed E-state index contributed by atoms with van der Waals surface area (Å²) in [6.45, 7) is 2.92. The van der Waals surface area contributed by atoms with Crippen molar-refractivity contribution in [3.63, 3.8) is 0 Å². The number of rotatable bonds is 5. The molecule has 1 aliphatic heterocycles. The number of hydrogen-bond donors (Lipinski definition) is 2. The average Bonchev–Trinajstić information content (AvgIpc) is 3.04. The van der Waals surface area contributed by atoms with Crippen LogP contribution in [0, 0.1) is 11.7 Å². The van der Waals surface area contributed by atoms with Crippen molar-refractivity contribution in [2.75, 3.05) is 19.6 Å². The Bertz CT molecular complexity index is 582. The first-order chi connectivity index (χ1) is 11.6. The maximum absolute atomic E-state index is 13.3. The minimum absolute atomic E-state index is 0. The fraction of sp³-hybridized carbons (Fsp3) is 0.632. The SMILES string of the molecule is Cl.Cl.NCC1(NC(=O)C2CCCN(Cc3cccc(F)c3)C2)CCCC1. The Hall–Kier alpha value is -0.880. The van der Waals surface area contributed by atoms with E-state index in [1.807, 2.05) is 6.07 Å². The summed E-state index contributed by atoms with van der Waals surface area (Å²) in [5, 5.41) is 3.25. The van der Waals surface area contributed by atoms with Gasteiger partial charge in [-0.25, -0.2) is 4.39 Å². The largest absolute Gasteiger partial charge is 0.349 e. The number of benzene rings is 1. The van der Waals surface area contributed by atoms with Gasteiger partial charge in [0.1, 0.15) is 5.82 Å². The van der Waals surface area contributed by atoms with Gasteiger partial charge in [-0.3, -0.25) is 9.69 Å². The van der Waals surface area contributed by atoms with Crippen molar-refractivity contribution in [1.82, 2.24) is 10.2 Å². The summed E-state index contributed by atoms with van der Waals surface area (Å²) in [4.78, 5) is 15.0. The molecule has 148 valence electrons. The molecule has 1 aromatic rings. The summed E-state index contributed by atoms with van der Waals surface area (Å²) in [7, 11) is 0. The molecular weight excluding hydrogens is 376 g/mol. The van der Waals surface area contributed by atoms with Gasteiger partial charge in [0.2, 0.25) is 5.91 Å². The van der Waals surface area contributed by atoms with Gasteiger partial charge < -0.3 is 11.1 Å². The standard InChI is InChI=1S/C19H28FN3O.2ClH/c20-17-7-3-5-15(11-17)12-23-10-4-6-16(13-23)18(24)22-19(14-21)8-1-2-9-19;;/h3,5,7,11,16H,1-2,4,6,8-10,12-14,21H2,(H,22,24);2*1H. The predicted octanol–water partition coefficient (Wildman–Crippen LogP) is 3.27. The number of halogens is 3. The van der Waals surface area contributed by atoms with E-state index in [1.54, 1.807) is 12.1 Å². The molecule has 3 rings (SSSR count). The zero-order chi connectivity index (χ0) is 17.0. The molecule has 0 aromatic heterocycles. The minimum Gasteiger partial charge on any atom is -0.349 e. The summed E-state index contributed by atoms with van der Waals surface area (Å²) >= 11 is 0. The van der Waals surface area contributed by atoms with Crippen LogP contribution in [0.3, 0.4) is 0 Å². The lowest BCUT2D eigenvalue weighted by atomic mass is 9.92. The highest BCUT2D eigenvalue weighted by Crippen LogP contribution is 2.29. The number of carbonyl (C=O) groups excluding carboxylic acids is 1. The van der Waals surface area contributed by atoms with E-state index in [1.165, 1.54) is 6.07 Å². The zero-order valence-electron chi connectivity index (χ0n) is 15.1. The van der Waals surface area contributed by atoms with E-state index < -0.39 is 0 Å². The van der Waals surface area contributed by atoms with Crippen LogP contribution in [-0.4, -0.2) is 36.0 Å². The Balaban J connectivity index is 0.00000169. The smallest absolute Gasteiger partial charge is 0.224 e. The van der Waals surface area contributed by atoms with Gasteiger partial charge >= 0.3 is 0 Å². The number of amides is 1. The number of piperidine rings is 1. The highest BCUT2D eigenvalue weighted by molar-refractivity contribution is 5.85. The molecule has 2 fully saturated rings. The van der Waals surface area contributed by atoms with E-state index in [0.29, 0.717) is 13.1 Å². The van der Waals surface area contributed by atoms with Crippen molar-refractivity contribution < 1.29 is 9.18 Å². The molecule has 3 N–H and O–H groups in total. The number of carbonyl (C=O) groups is 1. The molecule has 26 heavy (non-hydrogen) atoms. The van der Waals surface area contributed by atoms with Crippen molar-refractivity contribution in [2.24, 2.45) is 11.7 Å². The van der Waals surface area contributed by atoms with E-state index in [0.717, 1.165) is 57.2 Å². The average molecular weight is 406 g/mol. The molecule has 4 nitrogen and oxygen atoms in total. The van der Waals surface area contributed by atoms with Gasteiger partial charge in [-0.15, -0.1) is 24.8 Å². The molecule has 2 aliphatic rings. The molecule has 7 heteroatoms. The normalized spacial score (nSPS) is 22.2. The van der Waals surface area contributed by atoms with Crippen LogP contribution in [-0.2, 0) is 11.3 Å². The number of nitrogens with zero attached hydrogens (tertiary/aromatic N) is 1. The molecule has 1 atom stereocenters. The summed E-state index contributed by atoms with van der Waals surface area (Å²) in [5.41, 5.74) is 6.71. The first-order valence-corrected chi connectivity index (χ1v) is 9.09. The molecule has 1 aliphatic carbocycles. The minimum atomic E-state index is -0.204. The molecule has 0 radical (unpaired) electrons. The van der Waals surface area contributed by atoms with Crippen molar-refractivity contribution in [1.29, 1.82) is 0 Å². The molecule has 1 aromatic carbocycles. The number of likely N-dealkylation sites (tertiary alicyclic amines) is 1. The lowest BCUT2D eigenvalue weighted by Gasteiger charge is -2.35. The number of nitrogens with two attached hydrogens (primary N) is 1. The van der Waals surface area contributed by atoms with Crippen LogP contribution in [0.5, 0.6) is 0 Å². The molecule has 0 spiro atoms. The summed E-state index contributed by atoms with van der Waals surface area (Å²) in [6.07, 6.45) is 6.21. The van der Waals surface area contributed by atoms with Gasteiger partial charge in [0.15, 0.2) is 0 Å². The van der Waals surface area contributed by atoms with E-state index in [-0.39, 0.29) is 48.0 Å². The molecule has 1 heterocycles. The maximum Gasteiger partial charge on any atom is 0.224 e. The van der Waals surface area contributed by atoms with Gasteiger partial charge in [-0.05, 0) is 49.9 Å². The van der Waals surface area contributed by atoms with E-state index in [2.05, 4.69) is 10.2 Å². The highest BCUT2D eigenvalue weighted by atomic mass is 35.5. The number of nitrogens with one attached hydrogen (secondary N) is 1. The van der Waals surface area contributed by atoms with E-state index >= 15 is 0 Å². The van der Waals surface area contributed by atoms with E-state index in [4.69, 9.17) is 5.73 Å². The molecular formula is C19H30Cl2FN3O. The Labute approximate surface area is 167 Å².